The summed E-state index contributed by atoms with van der Waals surface area (Å²) in [5.41, 5.74) is 4.12. The number of halogens is 1. The Kier molecular flexibility index (Phi) is 10.4. The van der Waals surface area contributed by atoms with Crippen molar-refractivity contribution in [2.75, 3.05) is 12.4 Å². The first kappa shape index (κ1) is 35.5. The van der Waals surface area contributed by atoms with Gasteiger partial charge >= 0.3 is 0 Å². The van der Waals surface area contributed by atoms with E-state index in [0.29, 0.717) is 33.4 Å². The fourth-order valence-electron chi connectivity index (χ4n) is 5.82. The Labute approximate surface area is 302 Å². The van der Waals surface area contributed by atoms with Crippen LogP contribution in [-0.2, 0) is 11.3 Å². The topological polar surface area (TPSA) is 101 Å². The van der Waals surface area contributed by atoms with Crippen molar-refractivity contribution in [2.24, 2.45) is 0 Å². The van der Waals surface area contributed by atoms with Gasteiger partial charge in [0, 0.05) is 30.1 Å². The summed E-state index contributed by atoms with van der Waals surface area (Å²) in [6, 6.07) is 37.5. The summed E-state index contributed by atoms with van der Waals surface area (Å²) < 4.78 is 19.4. The third kappa shape index (κ3) is 8.68. The first-order valence-electron chi connectivity index (χ1n) is 16.9. The van der Waals surface area contributed by atoms with E-state index in [-0.39, 0.29) is 29.8 Å². The number of anilines is 1. The number of nitrogens with one attached hydrogen (secondary N) is 2. The number of hydrogen-bond acceptors (Lipinski definition) is 5. The van der Waals surface area contributed by atoms with E-state index < -0.39 is 11.9 Å². The smallest absolute Gasteiger partial charge is 0.257 e. The van der Waals surface area contributed by atoms with Crippen LogP contribution >= 0.6 is 0 Å². The number of carbonyl (C=O) groups is 3. The predicted octanol–water partition coefficient (Wildman–Crippen LogP) is 8.60. The number of aromatic nitrogens is 1. The van der Waals surface area contributed by atoms with Gasteiger partial charge in [-0.05, 0) is 104 Å². The second kappa shape index (κ2) is 15.3. The van der Waals surface area contributed by atoms with Gasteiger partial charge in [-0.3, -0.25) is 14.4 Å². The van der Waals surface area contributed by atoms with E-state index in [1.807, 2.05) is 69.3 Å². The standard InChI is InChI=1S/C43H39FN4O4/c1-43(2,3)52-34-22-16-29(17-23-34)35-12-8-9-13-36(35)41(50)46-38-25-19-31-26-32(18-24-37(31)45-38)40(49)47-39(30-10-6-5-7-11-30)42(51)48(4)27-28-14-20-33(44)21-15-28/h5-26,39H,27H2,1-4H3,(H,47,49)(H,45,46,50)/t39-/m0/s1. The van der Waals surface area contributed by atoms with Crippen molar-refractivity contribution in [3.63, 3.8) is 0 Å². The van der Waals surface area contributed by atoms with Crippen molar-refractivity contribution >= 4 is 34.4 Å². The minimum absolute atomic E-state index is 0.241. The minimum atomic E-state index is -0.955. The van der Waals surface area contributed by atoms with Crippen LogP contribution in [0.1, 0.15) is 58.7 Å². The van der Waals surface area contributed by atoms with Crippen molar-refractivity contribution < 1.29 is 23.5 Å². The summed E-state index contributed by atoms with van der Waals surface area (Å²) in [6.07, 6.45) is 0. The molecule has 0 unspecified atom stereocenters. The van der Waals surface area contributed by atoms with Crippen LogP contribution in [0.3, 0.4) is 0 Å². The first-order valence-corrected chi connectivity index (χ1v) is 16.9. The summed E-state index contributed by atoms with van der Waals surface area (Å²) in [5, 5.41) is 6.50. The van der Waals surface area contributed by atoms with Crippen molar-refractivity contribution in [1.29, 1.82) is 0 Å². The molecule has 3 amide bonds. The lowest BCUT2D eigenvalue weighted by Gasteiger charge is -2.25. The number of carbonyl (C=O) groups excluding carboxylic acids is 3. The average Bonchev–Trinajstić information content (AvgIpc) is 3.14. The van der Waals surface area contributed by atoms with Crippen LogP contribution in [0, 0.1) is 5.82 Å². The fourth-order valence-corrected chi connectivity index (χ4v) is 5.82. The molecule has 1 heterocycles. The molecule has 0 fully saturated rings. The monoisotopic (exact) mass is 694 g/mol. The zero-order chi connectivity index (χ0) is 36.8. The van der Waals surface area contributed by atoms with Crippen LogP contribution in [0.15, 0.2) is 133 Å². The molecule has 0 bridgehead atoms. The second-order valence-electron chi connectivity index (χ2n) is 13.5. The molecule has 1 atom stereocenters. The van der Waals surface area contributed by atoms with Crippen molar-refractivity contribution in [3.05, 3.63) is 162 Å². The summed E-state index contributed by atoms with van der Waals surface area (Å²) in [5.74, 6) is -0.322. The van der Waals surface area contributed by atoms with Gasteiger partial charge in [0.1, 0.15) is 29.0 Å². The van der Waals surface area contributed by atoms with Gasteiger partial charge in [0.15, 0.2) is 0 Å². The van der Waals surface area contributed by atoms with E-state index >= 15 is 0 Å². The van der Waals surface area contributed by atoms with Crippen LogP contribution in [-0.4, -0.2) is 40.3 Å². The predicted molar refractivity (Wildman–Crippen MR) is 201 cm³/mol. The Morgan fingerprint density at radius 2 is 1.48 bits per heavy atom. The van der Waals surface area contributed by atoms with Gasteiger partial charge in [0.2, 0.25) is 5.91 Å². The molecule has 6 rings (SSSR count). The minimum Gasteiger partial charge on any atom is -0.488 e. The van der Waals surface area contributed by atoms with Crippen LogP contribution in [0.25, 0.3) is 22.0 Å². The normalized spacial score (nSPS) is 11.8. The summed E-state index contributed by atoms with van der Waals surface area (Å²) >= 11 is 0. The highest BCUT2D eigenvalue weighted by Gasteiger charge is 2.26. The van der Waals surface area contributed by atoms with E-state index in [4.69, 9.17) is 4.74 Å². The molecule has 5 aromatic carbocycles. The number of amides is 3. The quantitative estimate of drug-likeness (QED) is 0.150. The fraction of sp³-hybridized carbons (Fsp3) is 0.163. The lowest BCUT2D eigenvalue weighted by molar-refractivity contribution is -0.132. The van der Waals surface area contributed by atoms with Crippen molar-refractivity contribution in [3.8, 4) is 16.9 Å². The van der Waals surface area contributed by atoms with Gasteiger partial charge in [0.25, 0.3) is 11.8 Å². The molecule has 0 saturated carbocycles. The Hall–Kier alpha value is -6.35. The van der Waals surface area contributed by atoms with Crippen LogP contribution in [0.5, 0.6) is 5.75 Å². The molecule has 0 aliphatic carbocycles. The number of hydrogen-bond donors (Lipinski definition) is 2. The van der Waals surface area contributed by atoms with E-state index in [1.165, 1.54) is 17.0 Å². The molecule has 8 nitrogen and oxygen atoms in total. The van der Waals surface area contributed by atoms with Crippen LogP contribution in [0.4, 0.5) is 10.2 Å². The molecule has 0 aliphatic heterocycles. The number of rotatable bonds is 10. The van der Waals surface area contributed by atoms with Gasteiger partial charge in [-0.15, -0.1) is 0 Å². The lowest BCUT2D eigenvalue weighted by atomic mass is 9.99. The number of pyridine rings is 1. The lowest BCUT2D eigenvalue weighted by Crippen LogP contribution is -2.41. The molecule has 0 spiro atoms. The molecule has 262 valence electrons. The maximum atomic E-state index is 13.7. The highest BCUT2D eigenvalue weighted by atomic mass is 19.1. The molecule has 1 aromatic heterocycles. The maximum Gasteiger partial charge on any atom is 0.257 e. The van der Waals surface area contributed by atoms with Gasteiger partial charge in [-0.2, -0.15) is 0 Å². The van der Waals surface area contributed by atoms with Crippen molar-refractivity contribution in [1.82, 2.24) is 15.2 Å². The van der Waals surface area contributed by atoms with E-state index in [0.717, 1.165) is 22.4 Å². The largest absolute Gasteiger partial charge is 0.488 e. The summed E-state index contributed by atoms with van der Waals surface area (Å²) in [4.78, 5) is 46.9. The highest BCUT2D eigenvalue weighted by Crippen LogP contribution is 2.28. The van der Waals surface area contributed by atoms with E-state index in [1.54, 1.807) is 79.8 Å². The molecule has 0 saturated heterocycles. The molecule has 0 aliphatic rings. The summed E-state index contributed by atoms with van der Waals surface area (Å²) in [6.45, 7) is 6.21. The highest BCUT2D eigenvalue weighted by molar-refractivity contribution is 6.09. The molecule has 2 N–H and O–H groups in total. The zero-order valence-electron chi connectivity index (χ0n) is 29.4. The molecular formula is C43H39FN4O4. The zero-order valence-corrected chi connectivity index (χ0v) is 29.4. The van der Waals surface area contributed by atoms with E-state index in [9.17, 15) is 18.8 Å². The van der Waals surface area contributed by atoms with Gasteiger partial charge < -0.3 is 20.3 Å². The second-order valence-corrected chi connectivity index (χ2v) is 13.5. The van der Waals surface area contributed by atoms with Crippen molar-refractivity contribution in [2.45, 2.75) is 39.0 Å². The molecule has 0 radical (unpaired) electrons. The Balaban J connectivity index is 1.17. The third-order valence-electron chi connectivity index (χ3n) is 8.32. The maximum absolute atomic E-state index is 13.7. The summed E-state index contributed by atoms with van der Waals surface area (Å²) in [7, 11) is 1.64. The SMILES string of the molecule is CN(Cc1ccc(F)cc1)C(=O)[C@@H](NC(=O)c1ccc2nc(NC(=O)c3ccccc3-c3ccc(OC(C)(C)C)cc3)ccc2c1)c1ccccc1. The molecular weight excluding hydrogens is 655 g/mol. The van der Waals surface area contributed by atoms with Gasteiger partial charge in [-0.1, -0.05) is 72.8 Å². The Morgan fingerprint density at radius 3 is 2.19 bits per heavy atom. The number of nitrogens with zero attached hydrogens (tertiary/aromatic N) is 2. The number of ether oxygens (including phenoxy) is 1. The first-order chi connectivity index (χ1) is 24.9. The molecule has 6 aromatic rings. The Bertz CT molecular complexity index is 2220. The number of benzene rings is 5. The molecule has 9 heteroatoms. The number of fused-ring (bicyclic) bond motifs is 1. The Morgan fingerprint density at radius 1 is 0.788 bits per heavy atom. The average molecular weight is 695 g/mol. The van der Waals surface area contributed by atoms with Crippen LogP contribution in [0.2, 0.25) is 0 Å². The van der Waals surface area contributed by atoms with Gasteiger partial charge in [0.05, 0.1) is 5.52 Å². The third-order valence-corrected chi connectivity index (χ3v) is 8.32. The molecule has 52 heavy (non-hydrogen) atoms. The van der Waals surface area contributed by atoms with Crippen LogP contribution < -0.4 is 15.4 Å². The van der Waals surface area contributed by atoms with Gasteiger partial charge in [-0.25, -0.2) is 9.37 Å². The van der Waals surface area contributed by atoms with E-state index in [2.05, 4.69) is 15.6 Å². The number of likely N-dealkylation sites (N-methyl/N-ethyl adjacent to an activating group) is 1.